The molecular weight excluding hydrogens is 399 g/mol. The smallest absolute Gasteiger partial charge is 0.326 e. The predicted molar refractivity (Wildman–Crippen MR) is 107 cm³/mol. The predicted octanol–water partition coefficient (Wildman–Crippen LogP) is 1.80. The van der Waals surface area contributed by atoms with Crippen LogP contribution < -0.4 is 5.32 Å². The summed E-state index contributed by atoms with van der Waals surface area (Å²) in [6, 6.07) is 6.77. The Hall–Kier alpha value is -2.42. The fourth-order valence-electron chi connectivity index (χ4n) is 3.20. The Morgan fingerprint density at radius 2 is 1.97 bits per heavy atom. The highest BCUT2D eigenvalue weighted by Crippen LogP contribution is 2.27. The lowest BCUT2D eigenvalue weighted by Gasteiger charge is -2.30. The number of nitrogens with zero attached hydrogens (tertiary/aromatic N) is 1. The Labute approximate surface area is 173 Å². The molecule has 0 radical (unpaired) electrons. The quantitative estimate of drug-likeness (QED) is 0.660. The van der Waals surface area contributed by atoms with Crippen LogP contribution in [0.1, 0.15) is 32.3 Å². The normalized spacial score (nSPS) is 19.3. The average molecular weight is 424 g/mol. The van der Waals surface area contributed by atoms with Crippen LogP contribution in [0.15, 0.2) is 30.3 Å². The monoisotopic (exact) mass is 424 g/mol. The Kier molecular flexibility index (Phi) is 7.78. The van der Waals surface area contributed by atoms with Crippen LogP contribution in [0.3, 0.4) is 0 Å². The number of aliphatic carboxylic acids is 1. The molecule has 1 fully saturated rings. The standard InChI is InChI=1S/C20H25FN2O5S/c1-13(24)29-12-20(2,21)19(28)23-10-6-9-16(23)17(25)22-15(18(26)27)11-14-7-4-3-5-8-14/h3-5,7-8,15-16H,6,9-12H2,1-2H3,(H,22,25)(H,26,27)/t15-,16-,20+/m0/s1. The summed E-state index contributed by atoms with van der Waals surface area (Å²) in [5, 5.41) is 11.6. The van der Waals surface area contributed by atoms with Gasteiger partial charge < -0.3 is 15.3 Å². The molecule has 0 aliphatic carbocycles. The number of hydrogen-bond acceptors (Lipinski definition) is 5. The van der Waals surface area contributed by atoms with Crippen molar-refractivity contribution < 1.29 is 28.7 Å². The summed E-state index contributed by atoms with van der Waals surface area (Å²) in [7, 11) is 0. The lowest BCUT2D eigenvalue weighted by atomic mass is 10.0. The van der Waals surface area contributed by atoms with Crippen LogP contribution in [0.2, 0.25) is 0 Å². The maximum atomic E-state index is 14.8. The van der Waals surface area contributed by atoms with Crippen molar-refractivity contribution in [3.05, 3.63) is 35.9 Å². The number of thioether (sulfide) groups is 1. The lowest BCUT2D eigenvalue weighted by molar-refractivity contribution is -0.147. The van der Waals surface area contributed by atoms with E-state index in [2.05, 4.69) is 5.32 Å². The molecule has 1 aliphatic heterocycles. The van der Waals surface area contributed by atoms with E-state index in [1.165, 1.54) is 6.92 Å². The van der Waals surface area contributed by atoms with Gasteiger partial charge in [0.05, 0.1) is 0 Å². The van der Waals surface area contributed by atoms with Gasteiger partial charge in [0.15, 0.2) is 10.8 Å². The van der Waals surface area contributed by atoms with E-state index in [0.29, 0.717) is 24.6 Å². The summed E-state index contributed by atoms with van der Waals surface area (Å²) < 4.78 is 14.8. The molecule has 158 valence electrons. The maximum absolute atomic E-state index is 14.8. The van der Waals surface area contributed by atoms with E-state index in [0.717, 1.165) is 17.4 Å². The van der Waals surface area contributed by atoms with Crippen molar-refractivity contribution >= 4 is 34.7 Å². The number of hydrogen-bond donors (Lipinski definition) is 2. The molecule has 2 N–H and O–H groups in total. The second-order valence-electron chi connectivity index (χ2n) is 7.22. The van der Waals surface area contributed by atoms with Crippen molar-refractivity contribution in [2.75, 3.05) is 12.3 Å². The van der Waals surface area contributed by atoms with Crippen LogP contribution in [-0.2, 0) is 25.6 Å². The molecular formula is C20H25FN2O5S. The summed E-state index contributed by atoms with van der Waals surface area (Å²) in [6.07, 6.45) is 0.931. The third kappa shape index (κ3) is 6.28. The number of carboxylic acids is 1. The van der Waals surface area contributed by atoms with Crippen molar-refractivity contribution in [3.63, 3.8) is 0 Å². The highest BCUT2D eigenvalue weighted by atomic mass is 32.2. The molecule has 0 unspecified atom stereocenters. The van der Waals surface area contributed by atoms with Gasteiger partial charge in [-0.2, -0.15) is 0 Å². The molecule has 0 aromatic heterocycles. The topological polar surface area (TPSA) is 104 Å². The Morgan fingerprint density at radius 1 is 1.31 bits per heavy atom. The summed E-state index contributed by atoms with van der Waals surface area (Å²) in [5.74, 6) is -3.00. The van der Waals surface area contributed by atoms with E-state index in [1.807, 2.05) is 0 Å². The van der Waals surface area contributed by atoms with Gasteiger partial charge in [0.1, 0.15) is 12.1 Å². The molecule has 29 heavy (non-hydrogen) atoms. The van der Waals surface area contributed by atoms with E-state index in [-0.39, 0.29) is 23.8 Å². The zero-order valence-electron chi connectivity index (χ0n) is 16.4. The second-order valence-corrected chi connectivity index (χ2v) is 8.38. The highest BCUT2D eigenvalue weighted by Gasteiger charge is 2.44. The van der Waals surface area contributed by atoms with Crippen LogP contribution >= 0.6 is 11.8 Å². The summed E-state index contributed by atoms with van der Waals surface area (Å²) in [4.78, 5) is 49.2. The minimum absolute atomic E-state index is 0.0959. The van der Waals surface area contributed by atoms with Crippen LogP contribution in [-0.4, -0.2) is 63.0 Å². The number of alkyl halides is 1. The number of benzene rings is 1. The Balaban J connectivity index is 2.06. The highest BCUT2D eigenvalue weighted by molar-refractivity contribution is 8.13. The summed E-state index contributed by atoms with van der Waals surface area (Å²) >= 11 is 0.711. The second kappa shape index (κ2) is 9.87. The number of rotatable bonds is 8. The van der Waals surface area contributed by atoms with Gasteiger partial charge in [-0.05, 0) is 25.3 Å². The van der Waals surface area contributed by atoms with Gasteiger partial charge in [-0.15, -0.1) is 0 Å². The van der Waals surface area contributed by atoms with E-state index < -0.39 is 35.5 Å². The minimum Gasteiger partial charge on any atom is -0.480 e. The van der Waals surface area contributed by atoms with Crippen LogP contribution in [0.5, 0.6) is 0 Å². The molecule has 2 rings (SSSR count). The van der Waals surface area contributed by atoms with Crippen LogP contribution in [0, 0.1) is 0 Å². The number of carboxylic acid groups (broad SMARTS) is 1. The fraction of sp³-hybridized carbons (Fsp3) is 0.500. The average Bonchev–Trinajstić information content (AvgIpc) is 3.15. The number of likely N-dealkylation sites (tertiary alicyclic amines) is 1. The third-order valence-corrected chi connectivity index (χ3v) is 5.80. The first-order valence-electron chi connectivity index (χ1n) is 9.32. The van der Waals surface area contributed by atoms with Gasteiger partial charge in [-0.1, -0.05) is 42.1 Å². The first kappa shape index (κ1) is 22.9. The Bertz CT molecular complexity index is 771. The molecule has 3 atom stereocenters. The molecule has 1 heterocycles. The largest absolute Gasteiger partial charge is 0.480 e. The van der Waals surface area contributed by atoms with E-state index in [9.17, 15) is 28.7 Å². The van der Waals surface area contributed by atoms with Gasteiger partial charge >= 0.3 is 5.97 Å². The number of carbonyl (C=O) groups excluding carboxylic acids is 3. The first-order valence-corrected chi connectivity index (χ1v) is 10.3. The molecule has 0 saturated carbocycles. The van der Waals surface area contributed by atoms with Gasteiger partial charge in [0, 0.05) is 25.6 Å². The van der Waals surface area contributed by atoms with E-state index in [4.69, 9.17) is 0 Å². The van der Waals surface area contributed by atoms with Gasteiger partial charge in [-0.3, -0.25) is 14.4 Å². The fourth-order valence-corrected chi connectivity index (χ4v) is 3.80. The number of amides is 2. The number of nitrogens with one attached hydrogen (secondary N) is 1. The SMILES string of the molecule is CC(=O)SC[C@@](C)(F)C(=O)N1CCC[C@H]1C(=O)N[C@@H](Cc1ccccc1)C(=O)O. The Morgan fingerprint density at radius 3 is 2.55 bits per heavy atom. The molecule has 2 amide bonds. The van der Waals surface area contributed by atoms with Crippen LogP contribution in [0.4, 0.5) is 4.39 Å². The van der Waals surface area contributed by atoms with Gasteiger partial charge in [-0.25, -0.2) is 9.18 Å². The first-order chi connectivity index (χ1) is 13.6. The minimum atomic E-state index is -2.30. The molecule has 1 aromatic rings. The van der Waals surface area contributed by atoms with Crippen molar-refractivity contribution in [2.24, 2.45) is 0 Å². The van der Waals surface area contributed by atoms with Crippen molar-refractivity contribution in [1.82, 2.24) is 10.2 Å². The molecule has 1 aromatic carbocycles. The molecule has 9 heteroatoms. The molecule has 7 nitrogen and oxygen atoms in total. The maximum Gasteiger partial charge on any atom is 0.326 e. The van der Waals surface area contributed by atoms with E-state index in [1.54, 1.807) is 30.3 Å². The number of carbonyl (C=O) groups is 4. The zero-order chi connectivity index (χ0) is 21.6. The summed E-state index contributed by atoms with van der Waals surface area (Å²) in [5.41, 5.74) is -1.55. The molecule has 0 spiro atoms. The van der Waals surface area contributed by atoms with Gasteiger partial charge in [0.25, 0.3) is 5.91 Å². The van der Waals surface area contributed by atoms with Crippen molar-refractivity contribution in [1.29, 1.82) is 0 Å². The van der Waals surface area contributed by atoms with Gasteiger partial charge in [0.2, 0.25) is 5.91 Å². The van der Waals surface area contributed by atoms with Crippen LogP contribution in [0.25, 0.3) is 0 Å². The van der Waals surface area contributed by atoms with E-state index >= 15 is 0 Å². The lowest BCUT2D eigenvalue weighted by Crippen LogP contribution is -2.55. The zero-order valence-corrected chi connectivity index (χ0v) is 17.2. The number of halogens is 1. The molecule has 1 aliphatic rings. The van der Waals surface area contributed by atoms with Crippen molar-refractivity contribution in [2.45, 2.75) is 50.9 Å². The molecule has 1 saturated heterocycles. The summed E-state index contributed by atoms with van der Waals surface area (Å²) in [6.45, 7) is 2.59. The van der Waals surface area contributed by atoms with Crippen molar-refractivity contribution in [3.8, 4) is 0 Å². The third-order valence-electron chi connectivity index (χ3n) is 4.71. The molecule has 0 bridgehead atoms.